The average Bonchev–Trinajstić information content (AvgIpc) is 3.50. The predicted molar refractivity (Wildman–Crippen MR) is 236 cm³/mol. The van der Waals surface area contributed by atoms with Gasteiger partial charge in [0.1, 0.15) is 57.3 Å². The molecule has 62 heavy (non-hydrogen) atoms. The van der Waals surface area contributed by atoms with Gasteiger partial charge in [-0.1, -0.05) is 56.7 Å². The van der Waals surface area contributed by atoms with Crippen molar-refractivity contribution in [1.29, 1.82) is 0 Å². The Hall–Kier alpha value is -4.37. The molecule has 6 atom stereocenters. The molecule has 1 saturated carbocycles. The Bertz CT molecular complexity index is 2350. The van der Waals surface area contributed by atoms with Crippen molar-refractivity contribution in [3.05, 3.63) is 64.0 Å². The first-order chi connectivity index (χ1) is 29.6. The SMILES string of the molecule is CCCC(=O)N[C@H]1CCCCCCC[C@H]2C[C@@]2(P(=O)(O)Cc2c(F)cccc2F)NC(=O)[C@@H]2C[C@@H](Oc3cc(-c4csc(NC(C)C)n4)nc4c(Cl)c(OC)ccc34)CN2C1=O. The molecule has 1 unspecified atom stereocenters. The third-order valence-corrected chi connectivity index (χ3v) is 15.8. The van der Waals surface area contributed by atoms with Crippen molar-refractivity contribution in [2.45, 2.75) is 127 Å². The Morgan fingerprint density at radius 2 is 1.81 bits per heavy atom. The van der Waals surface area contributed by atoms with Crippen LogP contribution in [0.4, 0.5) is 13.9 Å². The maximum absolute atomic E-state index is 14.9. The first kappa shape index (κ1) is 45.6. The zero-order chi connectivity index (χ0) is 44.3. The number of carbonyl (C=O) groups excluding carboxylic acids is 3. The van der Waals surface area contributed by atoms with E-state index in [1.807, 2.05) is 26.2 Å². The minimum atomic E-state index is -4.54. The Kier molecular flexibility index (Phi) is 14.1. The standard InChI is InChI=1S/C44H54ClF2N6O7PS/c1-5-12-38(54)49-32-16-10-8-6-7-9-13-26-21-44(26,61(57,58)23-29-30(46)14-11-15-31(29)47)52-41(55)35-19-27(22-53(35)42(32)56)60-37-20-33(34-24-62-43(51-34)48-25(2)3)50-40-28(37)17-18-36(59-4)39(40)45/h11,14-15,17-18,20,24-27,32,35H,5-10,12-13,16,19,21-23H2,1-4H3,(H,48,51)(H,49,54)(H,52,55)(H,57,58)/t26-,27+,32-,35-,44-/m0/s1. The number of anilines is 1. The van der Waals surface area contributed by atoms with Crippen LogP contribution in [0.1, 0.15) is 97.0 Å². The van der Waals surface area contributed by atoms with Crippen LogP contribution >= 0.6 is 30.3 Å². The molecule has 2 saturated heterocycles. The highest BCUT2D eigenvalue weighted by atomic mass is 35.5. The van der Waals surface area contributed by atoms with Crippen molar-refractivity contribution in [3.63, 3.8) is 0 Å². The molecule has 2 aromatic carbocycles. The molecule has 1 aliphatic carbocycles. The number of methoxy groups -OCH3 is 1. The van der Waals surface area contributed by atoms with Gasteiger partial charge in [0.15, 0.2) is 5.13 Å². The third kappa shape index (κ3) is 9.73. The topological polar surface area (TPSA) is 172 Å². The third-order valence-electron chi connectivity index (χ3n) is 12.0. The van der Waals surface area contributed by atoms with Crippen LogP contribution in [-0.2, 0) is 25.1 Å². The summed E-state index contributed by atoms with van der Waals surface area (Å²) in [4.78, 5) is 65.2. The lowest BCUT2D eigenvalue weighted by molar-refractivity contribution is -0.141. The quantitative estimate of drug-likeness (QED) is 0.101. The Labute approximate surface area is 369 Å². The second-order valence-electron chi connectivity index (χ2n) is 16.9. The van der Waals surface area contributed by atoms with E-state index in [9.17, 15) is 32.6 Å². The zero-order valence-electron chi connectivity index (χ0n) is 35.3. The van der Waals surface area contributed by atoms with Crippen molar-refractivity contribution >= 4 is 64.1 Å². The van der Waals surface area contributed by atoms with Gasteiger partial charge in [-0.2, -0.15) is 0 Å². The molecule has 4 N–H and O–H groups in total. The number of pyridine rings is 1. The number of thiazole rings is 1. The summed E-state index contributed by atoms with van der Waals surface area (Å²) in [6.07, 6.45) is 4.01. The van der Waals surface area contributed by atoms with E-state index in [1.54, 1.807) is 18.2 Å². The fourth-order valence-electron chi connectivity index (χ4n) is 8.74. The van der Waals surface area contributed by atoms with E-state index >= 15 is 0 Å². The van der Waals surface area contributed by atoms with E-state index in [-0.39, 0.29) is 42.8 Å². The predicted octanol–water partition coefficient (Wildman–Crippen LogP) is 8.80. The second-order valence-corrected chi connectivity index (χ2v) is 20.6. The number of halogens is 3. The first-order valence-electron chi connectivity index (χ1n) is 21.4. The molecule has 2 aromatic heterocycles. The van der Waals surface area contributed by atoms with Crippen molar-refractivity contribution in [2.75, 3.05) is 19.0 Å². The van der Waals surface area contributed by atoms with Crippen LogP contribution in [0.2, 0.25) is 5.02 Å². The van der Waals surface area contributed by atoms with E-state index in [2.05, 4.69) is 16.0 Å². The molecule has 334 valence electrons. The Morgan fingerprint density at radius 1 is 1.08 bits per heavy atom. The van der Waals surface area contributed by atoms with Gasteiger partial charge in [-0.15, -0.1) is 11.3 Å². The maximum atomic E-state index is 14.9. The number of ether oxygens (including phenoxy) is 2. The largest absolute Gasteiger partial charge is 0.495 e. The highest BCUT2D eigenvalue weighted by Crippen LogP contribution is 2.71. The van der Waals surface area contributed by atoms with Gasteiger partial charge < -0.3 is 35.2 Å². The van der Waals surface area contributed by atoms with Gasteiger partial charge in [-0.25, -0.2) is 18.7 Å². The zero-order valence-corrected chi connectivity index (χ0v) is 37.8. The summed E-state index contributed by atoms with van der Waals surface area (Å²) in [5.41, 5.74) is 0.892. The molecule has 13 nitrogen and oxygen atoms in total. The van der Waals surface area contributed by atoms with E-state index in [4.69, 9.17) is 31.0 Å². The summed E-state index contributed by atoms with van der Waals surface area (Å²) in [6.45, 7) is 5.82. The molecule has 2 aliphatic heterocycles. The maximum Gasteiger partial charge on any atom is 0.245 e. The van der Waals surface area contributed by atoms with Gasteiger partial charge in [0.25, 0.3) is 0 Å². The van der Waals surface area contributed by atoms with Crippen LogP contribution < -0.4 is 25.4 Å². The van der Waals surface area contributed by atoms with Crippen LogP contribution in [0, 0.1) is 17.6 Å². The average molecular weight is 915 g/mol. The van der Waals surface area contributed by atoms with Crippen molar-refractivity contribution in [1.82, 2.24) is 25.5 Å². The molecule has 0 radical (unpaired) electrons. The molecule has 3 fully saturated rings. The number of rotatable bonds is 12. The number of aromatic nitrogens is 2. The van der Waals surface area contributed by atoms with Crippen LogP contribution in [-0.4, -0.2) is 80.6 Å². The monoisotopic (exact) mass is 914 g/mol. The Morgan fingerprint density at radius 3 is 2.52 bits per heavy atom. The lowest BCUT2D eigenvalue weighted by Gasteiger charge is -2.31. The van der Waals surface area contributed by atoms with Gasteiger partial charge in [0.2, 0.25) is 25.1 Å². The highest BCUT2D eigenvalue weighted by Gasteiger charge is 2.66. The van der Waals surface area contributed by atoms with Gasteiger partial charge in [0.05, 0.1) is 31.0 Å². The summed E-state index contributed by atoms with van der Waals surface area (Å²) in [5.74, 6) is -3.02. The fraction of sp³-hybridized carbons (Fsp3) is 0.523. The Balaban J connectivity index is 1.26. The normalized spacial score (nSPS) is 24.3. The number of benzene rings is 2. The smallest absolute Gasteiger partial charge is 0.245 e. The first-order valence-corrected chi connectivity index (χ1v) is 24.5. The summed E-state index contributed by atoms with van der Waals surface area (Å²) >= 11 is 8.26. The number of nitrogens with zero attached hydrogens (tertiary/aromatic N) is 3. The molecule has 4 heterocycles. The van der Waals surface area contributed by atoms with Crippen molar-refractivity contribution in [3.8, 4) is 22.9 Å². The molecule has 18 heteroatoms. The molecule has 4 aromatic rings. The molecule has 3 aliphatic rings. The number of amides is 3. The van der Waals surface area contributed by atoms with Crippen LogP contribution in [0.15, 0.2) is 41.8 Å². The van der Waals surface area contributed by atoms with Crippen molar-refractivity contribution < 1.29 is 42.1 Å². The minimum Gasteiger partial charge on any atom is -0.495 e. The molecule has 0 spiro atoms. The minimum absolute atomic E-state index is 0.0200. The lowest BCUT2D eigenvalue weighted by atomic mass is 10.0. The van der Waals surface area contributed by atoms with Crippen LogP contribution in [0.3, 0.4) is 0 Å². The summed E-state index contributed by atoms with van der Waals surface area (Å²) in [5, 5.41) is 10.8. The molecule has 0 bridgehead atoms. The molecule has 3 amide bonds. The number of hydrogen-bond acceptors (Lipinski definition) is 10. The molecular weight excluding hydrogens is 861 g/mol. The van der Waals surface area contributed by atoms with Gasteiger partial charge in [-0.05, 0) is 69.7 Å². The molecular formula is C44H54ClF2N6O7PS. The lowest BCUT2D eigenvalue weighted by Crippen LogP contribution is -2.55. The number of nitrogens with one attached hydrogen (secondary N) is 3. The van der Waals surface area contributed by atoms with E-state index in [0.29, 0.717) is 71.0 Å². The highest BCUT2D eigenvalue weighted by molar-refractivity contribution is 7.59. The second kappa shape index (κ2) is 19.2. The van der Waals surface area contributed by atoms with E-state index < -0.39 is 71.9 Å². The van der Waals surface area contributed by atoms with Gasteiger partial charge in [-0.3, -0.25) is 18.9 Å². The van der Waals surface area contributed by atoms with E-state index in [0.717, 1.165) is 31.4 Å². The number of carbonyl (C=O) groups is 3. The summed E-state index contributed by atoms with van der Waals surface area (Å²) in [7, 11) is -3.04. The van der Waals surface area contributed by atoms with Crippen LogP contribution in [0.5, 0.6) is 11.5 Å². The van der Waals surface area contributed by atoms with Crippen LogP contribution in [0.25, 0.3) is 22.3 Å². The van der Waals surface area contributed by atoms with Crippen molar-refractivity contribution in [2.24, 2.45) is 5.92 Å². The van der Waals surface area contributed by atoms with E-state index in [1.165, 1.54) is 29.4 Å². The number of fused-ring (bicyclic) bond motifs is 3. The fourth-order valence-corrected chi connectivity index (χ4v) is 12.4. The van der Waals surface area contributed by atoms with Gasteiger partial charge >= 0.3 is 0 Å². The number of hydrogen-bond donors (Lipinski definition) is 4. The summed E-state index contributed by atoms with van der Waals surface area (Å²) < 4.78 is 56.6. The summed E-state index contributed by atoms with van der Waals surface area (Å²) in [6, 6.07) is 6.47. The van der Waals surface area contributed by atoms with Gasteiger partial charge in [0, 0.05) is 41.3 Å². The molecule has 7 rings (SSSR count).